The number of hydrogen-bond acceptors (Lipinski definition) is 4. The number of rotatable bonds is 2. The van der Waals surface area contributed by atoms with Crippen LogP contribution in [0.25, 0.3) is 0 Å². The lowest BCUT2D eigenvalue weighted by atomic mass is 9.98. The van der Waals surface area contributed by atoms with Crippen molar-refractivity contribution in [1.82, 2.24) is 5.32 Å². The van der Waals surface area contributed by atoms with Crippen molar-refractivity contribution >= 4 is 34.9 Å². The largest absolute Gasteiger partial charge is 0.550 e. The summed E-state index contributed by atoms with van der Waals surface area (Å²) < 4.78 is 0. The lowest BCUT2D eigenvalue weighted by molar-refractivity contribution is -0.306. The third-order valence-corrected chi connectivity index (χ3v) is 1.89. The van der Waals surface area contributed by atoms with Crippen LogP contribution in [0.2, 0.25) is 0 Å². The predicted molar refractivity (Wildman–Crippen MR) is 47.0 cm³/mol. The number of carbonyl (C=O) groups excluding carboxylic acids is 2. The number of aliphatic carboxylic acids is 1. The number of carboxylic acids is 1. The van der Waals surface area contributed by atoms with E-state index in [9.17, 15) is 14.7 Å². The van der Waals surface area contributed by atoms with Gasteiger partial charge in [-0.05, 0) is 19.1 Å². The summed E-state index contributed by atoms with van der Waals surface area (Å²) in [6.45, 7) is 1.57. The van der Waals surface area contributed by atoms with Crippen LogP contribution in [-0.2, 0) is 9.59 Å². The number of nitrogens with one attached hydrogen (secondary N) is 1. The molecule has 1 atom stereocenters. The van der Waals surface area contributed by atoms with Gasteiger partial charge in [0.15, 0.2) is 5.11 Å². The first-order valence-corrected chi connectivity index (χ1v) is 4.01. The van der Waals surface area contributed by atoms with E-state index in [0.717, 1.165) is 0 Å². The molecule has 0 radical (unpaired) electrons. The van der Waals surface area contributed by atoms with Crippen LogP contribution in [0.5, 0.6) is 0 Å². The Hall–Kier alpha value is -1.30. The summed E-state index contributed by atoms with van der Waals surface area (Å²) in [7, 11) is 0. The topological polar surface area (TPSA) is 81.6 Å². The van der Waals surface area contributed by atoms with Gasteiger partial charge in [-0.1, -0.05) is 0 Å². The SMILES string of the molecule is CC1=NC(=S)NC(=O)C1CC(=O)[O-]. The van der Waals surface area contributed by atoms with E-state index >= 15 is 0 Å². The number of amides is 1. The van der Waals surface area contributed by atoms with Crippen molar-refractivity contribution in [3.63, 3.8) is 0 Å². The molecular weight excluding hydrogens is 192 g/mol. The molecule has 0 spiro atoms. The van der Waals surface area contributed by atoms with Crippen LogP contribution in [0.4, 0.5) is 0 Å². The molecule has 1 aliphatic heterocycles. The minimum absolute atomic E-state index is 0.0806. The Morgan fingerprint density at radius 3 is 2.85 bits per heavy atom. The molecule has 0 aromatic heterocycles. The number of nitrogens with zero attached hydrogens (tertiary/aromatic N) is 1. The number of hydrogen-bond donors (Lipinski definition) is 1. The first kappa shape index (κ1) is 9.79. The Bertz CT molecular complexity index is 311. The molecule has 0 fully saturated rings. The van der Waals surface area contributed by atoms with Crippen molar-refractivity contribution < 1.29 is 14.7 Å². The Morgan fingerprint density at radius 1 is 1.77 bits per heavy atom. The van der Waals surface area contributed by atoms with E-state index < -0.39 is 17.8 Å². The van der Waals surface area contributed by atoms with Crippen LogP contribution < -0.4 is 10.4 Å². The lowest BCUT2D eigenvalue weighted by Gasteiger charge is -2.20. The highest BCUT2D eigenvalue weighted by Crippen LogP contribution is 2.10. The Kier molecular flexibility index (Phi) is 2.72. The van der Waals surface area contributed by atoms with Gasteiger partial charge in [0.25, 0.3) is 0 Å². The van der Waals surface area contributed by atoms with Gasteiger partial charge in [0.2, 0.25) is 5.91 Å². The highest BCUT2D eigenvalue weighted by Gasteiger charge is 2.26. The van der Waals surface area contributed by atoms with Crippen LogP contribution in [0.15, 0.2) is 4.99 Å². The fourth-order valence-electron chi connectivity index (χ4n) is 1.06. The summed E-state index contributed by atoms with van der Waals surface area (Å²) >= 11 is 4.64. The minimum Gasteiger partial charge on any atom is -0.550 e. The zero-order chi connectivity index (χ0) is 10.0. The molecule has 0 bridgehead atoms. The quantitative estimate of drug-likeness (QED) is 0.555. The molecule has 6 heteroatoms. The van der Waals surface area contributed by atoms with Gasteiger partial charge >= 0.3 is 0 Å². The highest BCUT2D eigenvalue weighted by atomic mass is 32.1. The lowest BCUT2D eigenvalue weighted by Crippen LogP contribution is -2.44. The first-order valence-electron chi connectivity index (χ1n) is 3.60. The van der Waals surface area contributed by atoms with Crippen molar-refractivity contribution in [3.8, 4) is 0 Å². The molecule has 0 saturated carbocycles. The summed E-state index contributed by atoms with van der Waals surface area (Å²) in [4.78, 5) is 25.2. The zero-order valence-corrected chi connectivity index (χ0v) is 7.68. The molecule has 0 aromatic rings. The van der Waals surface area contributed by atoms with Crippen molar-refractivity contribution in [2.24, 2.45) is 10.9 Å². The predicted octanol–water partition coefficient (Wildman–Crippen LogP) is -1.38. The maximum absolute atomic E-state index is 11.2. The summed E-state index contributed by atoms with van der Waals surface area (Å²) in [6, 6.07) is 0. The summed E-state index contributed by atoms with van der Waals surface area (Å²) in [6.07, 6.45) is -0.357. The molecule has 1 heterocycles. The Morgan fingerprint density at radius 2 is 2.38 bits per heavy atom. The number of thiocarbonyl (C=S) groups is 1. The van der Waals surface area contributed by atoms with Crippen LogP contribution in [0.3, 0.4) is 0 Å². The van der Waals surface area contributed by atoms with Crippen molar-refractivity contribution in [2.45, 2.75) is 13.3 Å². The van der Waals surface area contributed by atoms with E-state index in [4.69, 9.17) is 0 Å². The summed E-state index contributed by atoms with van der Waals surface area (Å²) in [5.41, 5.74) is 0.415. The molecule has 70 valence electrons. The molecule has 1 N–H and O–H groups in total. The second kappa shape index (κ2) is 3.61. The van der Waals surface area contributed by atoms with Crippen LogP contribution in [0, 0.1) is 5.92 Å². The second-order valence-corrected chi connectivity index (χ2v) is 3.06. The van der Waals surface area contributed by atoms with E-state index in [2.05, 4.69) is 22.5 Å². The van der Waals surface area contributed by atoms with Crippen molar-refractivity contribution in [1.29, 1.82) is 0 Å². The molecule has 1 rings (SSSR count). The van der Waals surface area contributed by atoms with Gasteiger partial charge in [-0.3, -0.25) is 4.79 Å². The standard InChI is InChI=1S/C7H8N2O3S/c1-3-4(2-5(10)11)6(12)9-7(13)8-3/h4H,2H2,1H3,(H,10,11)(H,9,12,13)/p-1. The van der Waals surface area contributed by atoms with E-state index in [1.165, 1.54) is 0 Å². The highest BCUT2D eigenvalue weighted by molar-refractivity contribution is 7.80. The van der Waals surface area contributed by atoms with Crippen LogP contribution >= 0.6 is 12.2 Å². The second-order valence-electron chi connectivity index (χ2n) is 2.68. The fraction of sp³-hybridized carbons (Fsp3) is 0.429. The maximum atomic E-state index is 11.2. The maximum Gasteiger partial charge on any atom is 0.235 e. The molecular formula is C7H7N2O3S-. The van der Waals surface area contributed by atoms with Crippen LogP contribution in [-0.4, -0.2) is 22.7 Å². The van der Waals surface area contributed by atoms with Gasteiger partial charge in [-0.15, -0.1) is 0 Å². The van der Waals surface area contributed by atoms with Gasteiger partial charge in [-0.25, -0.2) is 4.99 Å². The van der Waals surface area contributed by atoms with E-state index in [0.29, 0.717) is 5.71 Å². The molecule has 0 aliphatic carbocycles. The molecule has 1 amide bonds. The third kappa shape index (κ3) is 2.32. The first-order chi connectivity index (χ1) is 6.00. The third-order valence-electron chi connectivity index (χ3n) is 1.70. The van der Waals surface area contributed by atoms with Gasteiger partial charge in [-0.2, -0.15) is 0 Å². The molecule has 5 nitrogen and oxygen atoms in total. The molecule has 13 heavy (non-hydrogen) atoms. The summed E-state index contributed by atoms with van der Waals surface area (Å²) in [5.74, 6) is -2.46. The molecule has 1 aliphatic rings. The Labute approximate surface area is 79.8 Å². The van der Waals surface area contributed by atoms with Gasteiger partial charge in [0.05, 0.1) is 5.92 Å². The van der Waals surface area contributed by atoms with E-state index in [-0.39, 0.29) is 11.5 Å². The number of carbonyl (C=O) groups is 2. The number of aliphatic imine (C=N–C) groups is 1. The molecule has 0 saturated heterocycles. The monoisotopic (exact) mass is 199 g/mol. The molecule has 1 unspecified atom stereocenters. The summed E-state index contributed by atoms with van der Waals surface area (Å²) in [5, 5.41) is 12.6. The van der Waals surface area contributed by atoms with Gasteiger partial charge in [0.1, 0.15) is 0 Å². The average Bonchev–Trinajstić information content (AvgIpc) is 1.96. The average molecular weight is 199 g/mol. The van der Waals surface area contributed by atoms with E-state index in [1.807, 2.05) is 0 Å². The van der Waals surface area contributed by atoms with Crippen molar-refractivity contribution in [3.05, 3.63) is 0 Å². The fourth-order valence-corrected chi connectivity index (χ4v) is 1.30. The minimum atomic E-state index is -1.28. The molecule has 0 aromatic carbocycles. The Balaban J connectivity index is 2.84. The van der Waals surface area contributed by atoms with Gasteiger partial charge < -0.3 is 15.2 Å². The van der Waals surface area contributed by atoms with Crippen LogP contribution in [0.1, 0.15) is 13.3 Å². The number of carboxylic acid groups (broad SMARTS) is 1. The zero-order valence-electron chi connectivity index (χ0n) is 6.86. The smallest absolute Gasteiger partial charge is 0.235 e. The normalized spacial score (nSPS) is 22.2. The van der Waals surface area contributed by atoms with E-state index in [1.54, 1.807) is 6.92 Å². The van der Waals surface area contributed by atoms with Crippen molar-refractivity contribution in [2.75, 3.05) is 0 Å². The van der Waals surface area contributed by atoms with Gasteiger partial charge in [0, 0.05) is 18.1 Å².